The molecule has 1 amide bonds. The van der Waals surface area contributed by atoms with Crippen molar-refractivity contribution in [3.8, 4) is 11.5 Å². The second-order valence-electron chi connectivity index (χ2n) is 4.28. The molecule has 5 heteroatoms. The summed E-state index contributed by atoms with van der Waals surface area (Å²) >= 11 is 4.34. The van der Waals surface area contributed by atoms with Gasteiger partial charge in [0.1, 0.15) is 0 Å². The smallest absolute Gasteiger partial charge is 0.231 e. The van der Waals surface area contributed by atoms with Crippen LogP contribution >= 0.6 is 12.6 Å². The lowest BCUT2D eigenvalue weighted by molar-refractivity contribution is -0.128. The third-order valence-corrected chi connectivity index (χ3v) is 3.38. The second kappa shape index (κ2) is 4.14. The van der Waals surface area contributed by atoms with Gasteiger partial charge in [0.15, 0.2) is 11.5 Å². The lowest BCUT2D eigenvalue weighted by atomic mass is 10.2. The maximum absolute atomic E-state index is 11.7. The van der Waals surface area contributed by atoms with E-state index >= 15 is 0 Å². The van der Waals surface area contributed by atoms with E-state index in [4.69, 9.17) is 9.47 Å². The van der Waals surface area contributed by atoms with Crippen molar-refractivity contribution >= 4 is 18.5 Å². The standard InChI is InChI=1S/C12H13NO3S/c14-11-4-9(17)6-13(11)5-8-2-1-3-10-12(8)16-7-15-10/h1-3,9,17H,4-7H2. The number of carbonyl (C=O) groups is 1. The van der Waals surface area contributed by atoms with E-state index < -0.39 is 0 Å². The first-order valence-electron chi connectivity index (χ1n) is 5.57. The van der Waals surface area contributed by atoms with Crippen LogP contribution in [0.2, 0.25) is 0 Å². The fraction of sp³-hybridized carbons (Fsp3) is 0.417. The van der Waals surface area contributed by atoms with E-state index in [1.807, 2.05) is 23.1 Å². The van der Waals surface area contributed by atoms with Gasteiger partial charge in [-0.15, -0.1) is 0 Å². The molecule has 0 radical (unpaired) electrons. The van der Waals surface area contributed by atoms with Crippen LogP contribution in [0.3, 0.4) is 0 Å². The van der Waals surface area contributed by atoms with E-state index in [0.717, 1.165) is 17.1 Å². The number of hydrogen-bond acceptors (Lipinski definition) is 4. The topological polar surface area (TPSA) is 38.8 Å². The van der Waals surface area contributed by atoms with Gasteiger partial charge in [-0.1, -0.05) is 12.1 Å². The number of ether oxygens (including phenoxy) is 2. The number of hydrogen-bond donors (Lipinski definition) is 1. The quantitative estimate of drug-likeness (QED) is 0.808. The van der Waals surface area contributed by atoms with Crippen molar-refractivity contribution in [1.29, 1.82) is 0 Å². The Kier molecular flexibility index (Phi) is 2.63. The number of carbonyl (C=O) groups excluding carboxylic acids is 1. The zero-order chi connectivity index (χ0) is 11.8. The van der Waals surface area contributed by atoms with Crippen LogP contribution in [0.5, 0.6) is 11.5 Å². The molecule has 1 aromatic carbocycles. The molecule has 1 atom stereocenters. The van der Waals surface area contributed by atoms with Crippen molar-refractivity contribution in [2.24, 2.45) is 0 Å². The van der Waals surface area contributed by atoms with E-state index in [1.165, 1.54) is 0 Å². The molecule has 1 unspecified atom stereocenters. The number of benzene rings is 1. The third kappa shape index (κ3) is 1.95. The largest absolute Gasteiger partial charge is 0.454 e. The normalized spacial score (nSPS) is 22.3. The summed E-state index contributed by atoms with van der Waals surface area (Å²) in [5.41, 5.74) is 0.996. The van der Waals surface area contributed by atoms with Crippen LogP contribution in [0.25, 0.3) is 0 Å². The molecule has 1 fully saturated rings. The van der Waals surface area contributed by atoms with Gasteiger partial charge in [0.05, 0.1) is 0 Å². The number of rotatable bonds is 2. The van der Waals surface area contributed by atoms with Crippen LogP contribution in [-0.4, -0.2) is 29.4 Å². The zero-order valence-corrected chi connectivity index (χ0v) is 10.2. The molecule has 3 rings (SSSR count). The summed E-state index contributed by atoms with van der Waals surface area (Å²) < 4.78 is 10.7. The molecule has 0 aromatic heterocycles. The monoisotopic (exact) mass is 251 g/mol. The Morgan fingerprint density at radius 1 is 1.41 bits per heavy atom. The van der Waals surface area contributed by atoms with Gasteiger partial charge in [-0.05, 0) is 6.07 Å². The van der Waals surface area contributed by atoms with Crippen LogP contribution in [-0.2, 0) is 11.3 Å². The maximum Gasteiger partial charge on any atom is 0.231 e. The summed E-state index contributed by atoms with van der Waals surface area (Å²) in [5.74, 6) is 1.68. The van der Waals surface area contributed by atoms with Gasteiger partial charge < -0.3 is 14.4 Å². The van der Waals surface area contributed by atoms with Crippen LogP contribution in [0.15, 0.2) is 18.2 Å². The number of nitrogens with zero attached hydrogens (tertiary/aromatic N) is 1. The minimum absolute atomic E-state index is 0.149. The van der Waals surface area contributed by atoms with Crippen molar-refractivity contribution in [3.05, 3.63) is 23.8 Å². The number of para-hydroxylation sites is 1. The summed E-state index contributed by atoms with van der Waals surface area (Å²) in [6.07, 6.45) is 0.523. The molecule has 0 saturated carbocycles. The Bertz CT molecular complexity index is 463. The fourth-order valence-corrected chi connectivity index (χ4v) is 2.58. The molecule has 2 aliphatic heterocycles. The first kappa shape index (κ1) is 10.8. The molecule has 0 spiro atoms. The summed E-state index contributed by atoms with van der Waals surface area (Å²) in [7, 11) is 0. The van der Waals surface area contributed by atoms with Gasteiger partial charge in [-0.25, -0.2) is 0 Å². The second-order valence-corrected chi connectivity index (χ2v) is 5.01. The Balaban J connectivity index is 1.82. The Morgan fingerprint density at radius 3 is 3.06 bits per heavy atom. The summed E-state index contributed by atoms with van der Waals surface area (Å²) in [6, 6.07) is 5.76. The highest BCUT2D eigenvalue weighted by atomic mass is 32.1. The molecule has 17 heavy (non-hydrogen) atoms. The van der Waals surface area contributed by atoms with E-state index in [-0.39, 0.29) is 18.0 Å². The van der Waals surface area contributed by atoms with E-state index in [0.29, 0.717) is 19.5 Å². The number of thiol groups is 1. The minimum atomic E-state index is 0.149. The van der Waals surface area contributed by atoms with Crippen molar-refractivity contribution in [3.63, 3.8) is 0 Å². The van der Waals surface area contributed by atoms with E-state index in [2.05, 4.69) is 12.6 Å². The molecule has 0 N–H and O–H groups in total. The Labute approximate surface area is 105 Å². The molecule has 2 aliphatic rings. The van der Waals surface area contributed by atoms with Crippen molar-refractivity contribution < 1.29 is 14.3 Å². The Morgan fingerprint density at radius 2 is 2.29 bits per heavy atom. The van der Waals surface area contributed by atoms with Gasteiger partial charge in [0, 0.05) is 30.3 Å². The molecule has 4 nitrogen and oxygen atoms in total. The van der Waals surface area contributed by atoms with Crippen molar-refractivity contribution in [2.45, 2.75) is 18.2 Å². The van der Waals surface area contributed by atoms with E-state index in [1.54, 1.807) is 0 Å². The molecular weight excluding hydrogens is 238 g/mol. The number of amides is 1. The first-order valence-corrected chi connectivity index (χ1v) is 6.09. The van der Waals surface area contributed by atoms with Crippen molar-refractivity contribution in [1.82, 2.24) is 4.90 Å². The predicted octanol–water partition coefficient (Wildman–Crippen LogP) is 1.45. The third-order valence-electron chi connectivity index (χ3n) is 3.03. The lowest BCUT2D eigenvalue weighted by Crippen LogP contribution is -2.24. The van der Waals surface area contributed by atoms with E-state index in [9.17, 15) is 4.79 Å². The van der Waals surface area contributed by atoms with Gasteiger partial charge >= 0.3 is 0 Å². The van der Waals surface area contributed by atoms with Gasteiger partial charge in [-0.3, -0.25) is 4.79 Å². The predicted molar refractivity (Wildman–Crippen MR) is 65.4 cm³/mol. The molecular formula is C12H13NO3S. The minimum Gasteiger partial charge on any atom is -0.454 e. The Hall–Kier alpha value is -1.36. The highest BCUT2D eigenvalue weighted by Crippen LogP contribution is 2.36. The average Bonchev–Trinajstić information content (AvgIpc) is 2.87. The van der Waals surface area contributed by atoms with Crippen LogP contribution in [0, 0.1) is 0 Å². The van der Waals surface area contributed by atoms with Crippen LogP contribution in [0.4, 0.5) is 0 Å². The van der Waals surface area contributed by atoms with Gasteiger partial charge in [0.2, 0.25) is 12.7 Å². The zero-order valence-electron chi connectivity index (χ0n) is 9.26. The van der Waals surface area contributed by atoms with Gasteiger partial charge in [0.25, 0.3) is 0 Å². The number of likely N-dealkylation sites (tertiary alicyclic amines) is 1. The summed E-state index contributed by atoms with van der Waals surface area (Å²) in [4.78, 5) is 13.5. The van der Waals surface area contributed by atoms with Gasteiger partial charge in [-0.2, -0.15) is 12.6 Å². The molecule has 1 aromatic rings. The average molecular weight is 251 g/mol. The summed E-state index contributed by atoms with van der Waals surface area (Å²) in [5, 5.41) is 0.149. The fourth-order valence-electron chi connectivity index (χ4n) is 2.22. The molecule has 90 valence electrons. The summed E-state index contributed by atoms with van der Waals surface area (Å²) in [6.45, 7) is 1.53. The molecule has 1 saturated heterocycles. The molecule has 0 bridgehead atoms. The molecule has 2 heterocycles. The highest BCUT2D eigenvalue weighted by Gasteiger charge is 2.28. The SMILES string of the molecule is O=C1CC(S)CN1Cc1cccc2c1OCO2. The number of fused-ring (bicyclic) bond motifs is 1. The first-order chi connectivity index (χ1) is 8.24. The maximum atomic E-state index is 11.7. The van der Waals surface area contributed by atoms with Crippen LogP contribution < -0.4 is 9.47 Å². The highest BCUT2D eigenvalue weighted by molar-refractivity contribution is 7.81. The lowest BCUT2D eigenvalue weighted by Gasteiger charge is -2.16. The van der Waals surface area contributed by atoms with Crippen molar-refractivity contribution in [2.75, 3.05) is 13.3 Å². The van der Waals surface area contributed by atoms with Crippen LogP contribution in [0.1, 0.15) is 12.0 Å². The molecule has 0 aliphatic carbocycles.